The van der Waals surface area contributed by atoms with Gasteiger partial charge in [-0.05, 0) is 17.2 Å². The molecule has 0 saturated heterocycles. The molecule has 0 aromatic heterocycles. The fourth-order valence-corrected chi connectivity index (χ4v) is 2.24. The SMILES string of the molecule is CN(C(=O)c1ccccc1-c1ccccc1)C(CO)C(=O)O. The van der Waals surface area contributed by atoms with Crippen molar-refractivity contribution in [1.29, 1.82) is 0 Å². The number of amides is 1. The topological polar surface area (TPSA) is 77.8 Å². The van der Waals surface area contributed by atoms with Gasteiger partial charge < -0.3 is 15.1 Å². The third kappa shape index (κ3) is 3.15. The molecule has 5 nitrogen and oxygen atoms in total. The van der Waals surface area contributed by atoms with Gasteiger partial charge in [-0.25, -0.2) is 4.79 Å². The van der Waals surface area contributed by atoms with Crippen LogP contribution in [-0.2, 0) is 4.79 Å². The van der Waals surface area contributed by atoms with E-state index in [1.807, 2.05) is 42.5 Å². The van der Waals surface area contributed by atoms with Gasteiger partial charge >= 0.3 is 5.97 Å². The number of carboxylic acid groups (broad SMARTS) is 1. The number of rotatable bonds is 5. The predicted molar refractivity (Wildman–Crippen MR) is 82.5 cm³/mol. The van der Waals surface area contributed by atoms with Crippen LogP contribution in [0.15, 0.2) is 54.6 Å². The predicted octanol–water partition coefficient (Wildman–Crippen LogP) is 1.87. The number of hydrogen-bond donors (Lipinski definition) is 2. The smallest absolute Gasteiger partial charge is 0.328 e. The molecule has 0 bridgehead atoms. The standard InChI is InChI=1S/C17H17NO4/c1-18(15(11-19)17(21)22)16(20)14-10-6-5-9-13(14)12-7-3-2-4-8-12/h2-10,15,19H,11H2,1H3,(H,21,22). The van der Waals surface area contributed by atoms with Crippen molar-refractivity contribution in [1.82, 2.24) is 4.90 Å². The summed E-state index contributed by atoms with van der Waals surface area (Å²) in [6, 6.07) is 15.1. The summed E-state index contributed by atoms with van der Waals surface area (Å²) in [5.41, 5.74) is 1.99. The Hall–Kier alpha value is -2.66. The van der Waals surface area contributed by atoms with Crippen LogP contribution in [0.4, 0.5) is 0 Å². The van der Waals surface area contributed by atoms with Crippen LogP contribution in [-0.4, -0.2) is 46.7 Å². The summed E-state index contributed by atoms with van der Waals surface area (Å²) in [5.74, 6) is -1.68. The van der Waals surface area contributed by atoms with Crippen molar-refractivity contribution in [3.8, 4) is 11.1 Å². The lowest BCUT2D eigenvalue weighted by Crippen LogP contribution is -2.44. The summed E-state index contributed by atoms with van der Waals surface area (Å²) in [4.78, 5) is 24.7. The molecule has 2 rings (SSSR count). The third-order valence-electron chi connectivity index (χ3n) is 3.49. The number of aliphatic hydroxyl groups excluding tert-OH is 1. The quantitative estimate of drug-likeness (QED) is 0.883. The highest BCUT2D eigenvalue weighted by Crippen LogP contribution is 2.24. The number of benzene rings is 2. The molecule has 0 radical (unpaired) electrons. The summed E-state index contributed by atoms with van der Waals surface area (Å²) in [7, 11) is 1.37. The minimum atomic E-state index is -1.27. The van der Waals surface area contributed by atoms with Crippen LogP contribution in [0.5, 0.6) is 0 Å². The van der Waals surface area contributed by atoms with Crippen molar-refractivity contribution in [3.05, 3.63) is 60.2 Å². The van der Waals surface area contributed by atoms with Gasteiger partial charge in [0.15, 0.2) is 6.04 Å². The molecule has 0 heterocycles. The second kappa shape index (κ2) is 6.87. The Morgan fingerprint density at radius 3 is 2.23 bits per heavy atom. The molecule has 114 valence electrons. The number of carboxylic acids is 1. The van der Waals surface area contributed by atoms with E-state index in [1.165, 1.54) is 7.05 Å². The summed E-state index contributed by atoms with van der Waals surface area (Å²) >= 11 is 0. The van der Waals surface area contributed by atoms with Crippen LogP contribution in [0.3, 0.4) is 0 Å². The first-order chi connectivity index (χ1) is 10.6. The van der Waals surface area contributed by atoms with E-state index in [4.69, 9.17) is 5.11 Å². The zero-order chi connectivity index (χ0) is 16.1. The van der Waals surface area contributed by atoms with E-state index >= 15 is 0 Å². The zero-order valence-corrected chi connectivity index (χ0v) is 12.1. The van der Waals surface area contributed by atoms with Gasteiger partial charge in [-0.3, -0.25) is 4.79 Å². The van der Waals surface area contributed by atoms with E-state index in [0.29, 0.717) is 5.56 Å². The number of carbonyl (C=O) groups excluding carboxylic acids is 1. The van der Waals surface area contributed by atoms with Crippen molar-refractivity contribution < 1.29 is 19.8 Å². The Kier molecular flexibility index (Phi) is 4.91. The second-order valence-electron chi connectivity index (χ2n) is 4.86. The maximum atomic E-state index is 12.6. The van der Waals surface area contributed by atoms with Gasteiger partial charge in [-0.15, -0.1) is 0 Å². The lowest BCUT2D eigenvalue weighted by atomic mass is 9.98. The van der Waals surface area contributed by atoms with E-state index in [-0.39, 0.29) is 0 Å². The Labute approximate surface area is 128 Å². The van der Waals surface area contributed by atoms with Crippen LogP contribution in [0.2, 0.25) is 0 Å². The maximum absolute atomic E-state index is 12.6. The first-order valence-electron chi connectivity index (χ1n) is 6.81. The van der Waals surface area contributed by atoms with Gasteiger partial charge in [-0.1, -0.05) is 48.5 Å². The van der Waals surface area contributed by atoms with Crippen molar-refractivity contribution >= 4 is 11.9 Å². The highest BCUT2D eigenvalue weighted by atomic mass is 16.4. The van der Waals surface area contributed by atoms with Crippen LogP contribution < -0.4 is 0 Å². The summed E-state index contributed by atoms with van der Waals surface area (Å²) in [6.07, 6.45) is 0. The summed E-state index contributed by atoms with van der Waals surface area (Å²) < 4.78 is 0. The number of aliphatic carboxylic acids is 1. The first kappa shape index (κ1) is 15.7. The zero-order valence-electron chi connectivity index (χ0n) is 12.1. The normalized spacial score (nSPS) is 11.7. The molecule has 1 atom stereocenters. The maximum Gasteiger partial charge on any atom is 0.328 e. The average molecular weight is 299 g/mol. The molecule has 1 amide bonds. The molecule has 2 aromatic carbocycles. The fraction of sp³-hybridized carbons (Fsp3) is 0.176. The largest absolute Gasteiger partial charge is 0.480 e. The molecule has 0 aliphatic rings. The van der Waals surface area contributed by atoms with Crippen LogP contribution in [0, 0.1) is 0 Å². The number of aliphatic hydroxyl groups is 1. The van der Waals surface area contributed by atoms with Gasteiger partial charge in [0.2, 0.25) is 0 Å². The van der Waals surface area contributed by atoms with Crippen molar-refractivity contribution in [2.24, 2.45) is 0 Å². The van der Waals surface area contributed by atoms with Gasteiger partial charge in [0.1, 0.15) is 0 Å². The molecule has 0 fully saturated rings. The monoisotopic (exact) mass is 299 g/mol. The Bertz CT molecular complexity index is 669. The Balaban J connectivity index is 2.41. The molecule has 0 saturated carbocycles. The molecule has 0 aliphatic heterocycles. The molecular formula is C17H17NO4. The minimum Gasteiger partial charge on any atom is -0.480 e. The van der Waals surface area contributed by atoms with Crippen LogP contribution in [0.1, 0.15) is 10.4 Å². The van der Waals surface area contributed by atoms with Crippen molar-refractivity contribution in [3.63, 3.8) is 0 Å². The minimum absolute atomic E-state index is 0.399. The molecule has 22 heavy (non-hydrogen) atoms. The van der Waals surface area contributed by atoms with Gasteiger partial charge in [0, 0.05) is 12.6 Å². The van der Waals surface area contributed by atoms with E-state index in [0.717, 1.165) is 16.0 Å². The summed E-state index contributed by atoms with van der Waals surface area (Å²) in [6.45, 7) is -0.634. The van der Waals surface area contributed by atoms with Crippen molar-refractivity contribution in [2.75, 3.05) is 13.7 Å². The van der Waals surface area contributed by atoms with E-state index < -0.39 is 24.5 Å². The molecule has 1 unspecified atom stereocenters. The molecule has 5 heteroatoms. The van der Waals surface area contributed by atoms with Gasteiger partial charge in [-0.2, -0.15) is 0 Å². The molecule has 2 aromatic rings. The fourth-order valence-electron chi connectivity index (χ4n) is 2.24. The average Bonchev–Trinajstić information content (AvgIpc) is 2.55. The number of hydrogen-bond acceptors (Lipinski definition) is 3. The lowest BCUT2D eigenvalue weighted by molar-refractivity contribution is -0.143. The van der Waals surface area contributed by atoms with Crippen LogP contribution in [0.25, 0.3) is 11.1 Å². The van der Waals surface area contributed by atoms with E-state index in [2.05, 4.69) is 0 Å². The Morgan fingerprint density at radius 2 is 1.64 bits per heavy atom. The van der Waals surface area contributed by atoms with Gasteiger partial charge in [0.05, 0.1) is 6.61 Å². The number of carbonyl (C=O) groups is 2. The lowest BCUT2D eigenvalue weighted by Gasteiger charge is -2.24. The Morgan fingerprint density at radius 1 is 1.05 bits per heavy atom. The molecular weight excluding hydrogens is 282 g/mol. The van der Waals surface area contributed by atoms with Crippen molar-refractivity contribution in [2.45, 2.75) is 6.04 Å². The second-order valence-corrected chi connectivity index (χ2v) is 4.86. The third-order valence-corrected chi connectivity index (χ3v) is 3.49. The first-order valence-corrected chi connectivity index (χ1v) is 6.81. The number of likely N-dealkylation sites (N-methyl/N-ethyl adjacent to an activating group) is 1. The molecule has 0 aliphatic carbocycles. The number of nitrogens with zero attached hydrogens (tertiary/aromatic N) is 1. The van der Waals surface area contributed by atoms with E-state index in [1.54, 1.807) is 12.1 Å². The highest BCUT2D eigenvalue weighted by molar-refractivity contribution is 6.02. The highest BCUT2D eigenvalue weighted by Gasteiger charge is 2.27. The van der Waals surface area contributed by atoms with E-state index in [9.17, 15) is 14.7 Å². The molecule has 0 spiro atoms. The van der Waals surface area contributed by atoms with Crippen LogP contribution >= 0.6 is 0 Å². The summed E-state index contributed by atoms with van der Waals surface area (Å²) in [5, 5.41) is 18.2. The molecule has 2 N–H and O–H groups in total. The van der Waals surface area contributed by atoms with Gasteiger partial charge in [0.25, 0.3) is 5.91 Å².